The standard InChI is InChI=1S/C14H20N2O2/c1-10-11(2)16(7-6-15-10)14(18)13-5-3-4-12(8-13)9-17/h3-5,8,10-11,15,17H,6-7,9H2,1-2H3. The molecule has 0 saturated carbocycles. The van der Waals surface area contributed by atoms with Crippen LogP contribution in [0.15, 0.2) is 24.3 Å². The van der Waals surface area contributed by atoms with Crippen molar-refractivity contribution in [3.63, 3.8) is 0 Å². The maximum absolute atomic E-state index is 12.4. The number of nitrogens with one attached hydrogen (secondary N) is 1. The van der Waals surface area contributed by atoms with E-state index >= 15 is 0 Å². The molecule has 0 bridgehead atoms. The molecule has 1 aromatic rings. The number of hydrogen-bond acceptors (Lipinski definition) is 3. The van der Waals surface area contributed by atoms with Crippen molar-refractivity contribution in [2.45, 2.75) is 32.5 Å². The van der Waals surface area contributed by atoms with Gasteiger partial charge in [0.05, 0.1) is 6.61 Å². The summed E-state index contributed by atoms with van der Waals surface area (Å²) < 4.78 is 0. The largest absolute Gasteiger partial charge is 0.392 e. The molecular formula is C14H20N2O2. The minimum Gasteiger partial charge on any atom is -0.392 e. The predicted molar refractivity (Wildman–Crippen MR) is 70.3 cm³/mol. The summed E-state index contributed by atoms with van der Waals surface area (Å²) in [6, 6.07) is 7.70. The van der Waals surface area contributed by atoms with Gasteiger partial charge in [-0.3, -0.25) is 4.79 Å². The molecule has 4 heteroatoms. The molecule has 2 atom stereocenters. The van der Waals surface area contributed by atoms with E-state index in [1.54, 1.807) is 12.1 Å². The number of piperazine rings is 1. The van der Waals surface area contributed by atoms with Crippen LogP contribution in [0.25, 0.3) is 0 Å². The monoisotopic (exact) mass is 248 g/mol. The van der Waals surface area contributed by atoms with Gasteiger partial charge in [-0.2, -0.15) is 0 Å². The number of rotatable bonds is 2. The SMILES string of the molecule is CC1NCCN(C(=O)c2cccc(CO)c2)C1C. The van der Waals surface area contributed by atoms with Crippen LogP contribution in [0, 0.1) is 0 Å². The topological polar surface area (TPSA) is 52.6 Å². The summed E-state index contributed by atoms with van der Waals surface area (Å²) in [4.78, 5) is 14.3. The van der Waals surface area contributed by atoms with Gasteiger partial charge in [-0.05, 0) is 31.5 Å². The van der Waals surface area contributed by atoms with Crippen molar-refractivity contribution in [1.29, 1.82) is 0 Å². The summed E-state index contributed by atoms with van der Waals surface area (Å²) in [6.45, 7) is 5.68. The summed E-state index contributed by atoms with van der Waals surface area (Å²) in [6.07, 6.45) is 0. The van der Waals surface area contributed by atoms with Gasteiger partial charge in [0, 0.05) is 30.7 Å². The third-order valence-electron chi connectivity index (χ3n) is 3.65. The summed E-state index contributed by atoms with van der Waals surface area (Å²) >= 11 is 0. The Bertz CT molecular complexity index is 434. The summed E-state index contributed by atoms with van der Waals surface area (Å²) in [5, 5.41) is 12.5. The molecule has 1 saturated heterocycles. The molecule has 1 heterocycles. The second-order valence-electron chi connectivity index (χ2n) is 4.84. The van der Waals surface area contributed by atoms with Crippen molar-refractivity contribution in [2.75, 3.05) is 13.1 Å². The van der Waals surface area contributed by atoms with Gasteiger partial charge in [-0.25, -0.2) is 0 Å². The molecule has 2 rings (SSSR count). The number of nitrogens with zero attached hydrogens (tertiary/aromatic N) is 1. The minimum atomic E-state index is -0.0331. The van der Waals surface area contributed by atoms with Gasteiger partial charge in [0.2, 0.25) is 0 Å². The Labute approximate surface area is 108 Å². The lowest BCUT2D eigenvalue weighted by Gasteiger charge is -2.38. The smallest absolute Gasteiger partial charge is 0.254 e. The van der Waals surface area contributed by atoms with E-state index in [0.717, 1.165) is 18.7 Å². The number of carbonyl (C=O) groups excluding carboxylic acids is 1. The maximum Gasteiger partial charge on any atom is 0.254 e. The maximum atomic E-state index is 12.4. The lowest BCUT2D eigenvalue weighted by Crippen LogP contribution is -2.57. The van der Waals surface area contributed by atoms with Crippen LogP contribution in [0.5, 0.6) is 0 Å². The quantitative estimate of drug-likeness (QED) is 0.821. The molecule has 98 valence electrons. The van der Waals surface area contributed by atoms with Gasteiger partial charge in [0.1, 0.15) is 0 Å². The number of aliphatic hydroxyl groups is 1. The van der Waals surface area contributed by atoms with E-state index in [2.05, 4.69) is 19.2 Å². The number of aliphatic hydroxyl groups excluding tert-OH is 1. The van der Waals surface area contributed by atoms with Gasteiger partial charge in [0.25, 0.3) is 5.91 Å². The zero-order valence-electron chi connectivity index (χ0n) is 10.9. The summed E-state index contributed by atoms with van der Waals surface area (Å²) in [5.74, 6) is 0.0474. The van der Waals surface area contributed by atoms with Crippen molar-refractivity contribution < 1.29 is 9.90 Å². The highest BCUT2D eigenvalue weighted by atomic mass is 16.3. The third-order valence-corrected chi connectivity index (χ3v) is 3.65. The minimum absolute atomic E-state index is 0.0331. The van der Waals surface area contributed by atoms with E-state index in [4.69, 9.17) is 5.11 Å². The first-order valence-electron chi connectivity index (χ1n) is 6.37. The molecule has 0 spiro atoms. The number of carbonyl (C=O) groups is 1. The van der Waals surface area contributed by atoms with E-state index in [9.17, 15) is 4.79 Å². The molecule has 1 fully saturated rings. The van der Waals surface area contributed by atoms with E-state index in [-0.39, 0.29) is 18.6 Å². The fraction of sp³-hybridized carbons (Fsp3) is 0.500. The fourth-order valence-corrected chi connectivity index (χ4v) is 2.31. The highest BCUT2D eigenvalue weighted by Gasteiger charge is 2.28. The average molecular weight is 248 g/mol. The van der Waals surface area contributed by atoms with Gasteiger partial charge in [-0.1, -0.05) is 12.1 Å². The van der Waals surface area contributed by atoms with Crippen molar-refractivity contribution in [1.82, 2.24) is 10.2 Å². The molecular weight excluding hydrogens is 228 g/mol. The van der Waals surface area contributed by atoms with Crippen LogP contribution < -0.4 is 5.32 Å². The zero-order chi connectivity index (χ0) is 13.1. The Morgan fingerprint density at radius 2 is 2.28 bits per heavy atom. The van der Waals surface area contributed by atoms with Gasteiger partial charge >= 0.3 is 0 Å². The first-order chi connectivity index (χ1) is 8.63. The van der Waals surface area contributed by atoms with E-state index < -0.39 is 0 Å². The van der Waals surface area contributed by atoms with Crippen LogP contribution in [0.2, 0.25) is 0 Å². The van der Waals surface area contributed by atoms with Crippen molar-refractivity contribution in [3.05, 3.63) is 35.4 Å². The van der Waals surface area contributed by atoms with Gasteiger partial charge in [0.15, 0.2) is 0 Å². The second kappa shape index (κ2) is 5.50. The Kier molecular flexibility index (Phi) is 3.99. The molecule has 2 unspecified atom stereocenters. The molecule has 0 radical (unpaired) electrons. The normalized spacial score (nSPS) is 24.1. The summed E-state index contributed by atoms with van der Waals surface area (Å²) in [5.41, 5.74) is 1.43. The van der Waals surface area contributed by atoms with Crippen LogP contribution in [-0.2, 0) is 6.61 Å². The third kappa shape index (κ3) is 2.54. The molecule has 1 aromatic carbocycles. The Balaban J connectivity index is 2.19. The molecule has 1 aliphatic heterocycles. The molecule has 0 aromatic heterocycles. The fourth-order valence-electron chi connectivity index (χ4n) is 2.31. The van der Waals surface area contributed by atoms with Gasteiger partial charge in [-0.15, -0.1) is 0 Å². The highest BCUT2D eigenvalue weighted by molar-refractivity contribution is 5.94. The van der Waals surface area contributed by atoms with Crippen LogP contribution in [0.4, 0.5) is 0 Å². The van der Waals surface area contributed by atoms with Crippen molar-refractivity contribution in [3.8, 4) is 0 Å². The second-order valence-corrected chi connectivity index (χ2v) is 4.84. The molecule has 1 amide bonds. The molecule has 1 aliphatic rings. The van der Waals surface area contributed by atoms with Crippen LogP contribution in [0.3, 0.4) is 0 Å². The predicted octanol–water partition coefficient (Wildman–Crippen LogP) is 1.00. The number of benzene rings is 1. The zero-order valence-corrected chi connectivity index (χ0v) is 10.9. The lowest BCUT2D eigenvalue weighted by molar-refractivity contribution is 0.0603. The number of hydrogen-bond donors (Lipinski definition) is 2. The average Bonchev–Trinajstić information content (AvgIpc) is 2.41. The van der Waals surface area contributed by atoms with E-state index in [1.807, 2.05) is 17.0 Å². The molecule has 0 aliphatic carbocycles. The first-order valence-corrected chi connectivity index (χ1v) is 6.37. The molecule has 4 nitrogen and oxygen atoms in total. The Morgan fingerprint density at radius 1 is 1.50 bits per heavy atom. The van der Waals surface area contributed by atoms with Crippen molar-refractivity contribution in [2.24, 2.45) is 0 Å². The van der Waals surface area contributed by atoms with Crippen LogP contribution in [0.1, 0.15) is 29.8 Å². The van der Waals surface area contributed by atoms with E-state index in [1.165, 1.54) is 0 Å². The first kappa shape index (κ1) is 13.1. The Hall–Kier alpha value is -1.39. The highest BCUT2D eigenvalue weighted by Crippen LogP contribution is 2.15. The van der Waals surface area contributed by atoms with Crippen molar-refractivity contribution >= 4 is 5.91 Å². The molecule has 18 heavy (non-hydrogen) atoms. The molecule has 2 N–H and O–H groups in total. The van der Waals surface area contributed by atoms with E-state index in [0.29, 0.717) is 11.6 Å². The van der Waals surface area contributed by atoms with Crippen LogP contribution >= 0.6 is 0 Å². The lowest BCUT2D eigenvalue weighted by atomic mass is 10.0. The van der Waals surface area contributed by atoms with Crippen LogP contribution in [-0.4, -0.2) is 41.1 Å². The number of amides is 1. The Morgan fingerprint density at radius 3 is 3.00 bits per heavy atom. The van der Waals surface area contributed by atoms with Gasteiger partial charge < -0.3 is 15.3 Å². The summed E-state index contributed by atoms with van der Waals surface area (Å²) in [7, 11) is 0.